The van der Waals surface area contributed by atoms with Gasteiger partial charge in [-0.25, -0.2) is 9.97 Å². The van der Waals surface area contributed by atoms with Crippen LogP contribution in [-0.4, -0.2) is 14.9 Å². The Balaban J connectivity index is 1.77. The second-order valence-corrected chi connectivity index (χ2v) is 7.27. The lowest BCUT2D eigenvalue weighted by Gasteiger charge is -2.18. The third-order valence-electron chi connectivity index (χ3n) is 4.41. The van der Waals surface area contributed by atoms with Crippen LogP contribution in [0.5, 0.6) is 0 Å². The Labute approximate surface area is 142 Å². The van der Waals surface area contributed by atoms with Crippen molar-refractivity contribution < 1.29 is 4.92 Å². The first kappa shape index (κ1) is 15.0. The summed E-state index contributed by atoms with van der Waals surface area (Å²) < 4.78 is 0. The topological polar surface area (TPSA) is 81.0 Å². The Morgan fingerprint density at radius 2 is 2.25 bits per heavy atom. The minimum Gasteiger partial charge on any atom is -0.339 e. The van der Waals surface area contributed by atoms with E-state index in [4.69, 9.17) is 0 Å². The highest BCUT2D eigenvalue weighted by Gasteiger charge is 2.23. The van der Waals surface area contributed by atoms with Crippen molar-refractivity contribution in [2.24, 2.45) is 5.92 Å². The highest BCUT2D eigenvalue weighted by molar-refractivity contribution is 7.19. The molecular formula is C17H16N4O2S. The van der Waals surface area contributed by atoms with Crippen LogP contribution < -0.4 is 5.32 Å². The van der Waals surface area contributed by atoms with Crippen LogP contribution in [0.15, 0.2) is 30.6 Å². The van der Waals surface area contributed by atoms with Crippen LogP contribution in [0.1, 0.15) is 23.8 Å². The molecule has 0 amide bonds. The molecule has 1 aliphatic carbocycles. The van der Waals surface area contributed by atoms with Gasteiger partial charge in [-0.2, -0.15) is 0 Å². The van der Waals surface area contributed by atoms with Crippen LogP contribution in [0.25, 0.3) is 10.2 Å². The molecule has 0 bridgehead atoms. The Bertz CT molecular complexity index is 937. The van der Waals surface area contributed by atoms with Gasteiger partial charge in [-0.15, -0.1) is 11.3 Å². The van der Waals surface area contributed by atoms with Crippen LogP contribution in [0.2, 0.25) is 0 Å². The van der Waals surface area contributed by atoms with Crippen molar-refractivity contribution in [2.45, 2.75) is 26.2 Å². The minimum atomic E-state index is -0.394. The van der Waals surface area contributed by atoms with Crippen LogP contribution in [0.3, 0.4) is 0 Å². The molecule has 2 aromatic heterocycles. The van der Waals surface area contributed by atoms with Gasteiger partial charge in [0, 0.05) is 22.7 Å². The fraction of sp³-hybridized carbons (Fsp3) is 0.294. The van der Waals surface area contributed by atoms with Gasteiger partial charge in [-0.1, -0.05) is 13.0 Å². The van der Waals surface area contributed by atoms with Crippen LogP contribution in [0, 0.1) is 16.0 Å². The van der Waals surface area contributed by atoms with E-state index in [1.54, 1.807) is 23.7 Å². The van der Waals surface area contributed by atoms with Crippen molar-refractivity contribution in [1.82, 2.24) is 9.97 Å². The van der Waals surface area contributed by atoms with Gasteiger partial charge in [0.25, 0.3) is 5.69 Å². The lowest BCUT2D eigenvalue weighted by atomic mass is 9.89. The molecule has 0 radical (unpaired) electrons. The summed E-state index contributed by atoms with van der Waals surface area (Å²) >= 11 is 1.74. The summed E-state index contributed by atoms with van der Waals surface area (Å²) in [5, 5.41) is 15.3. The first-order valence-corrected chi connectivity index (χ1v) is 8.70. The molecule has 1 aromatic carbocycles. The molecule has 0 saturated heterocycles. The van der Waals surface area contributed by atoms with E-state index >= 15 is 0 Å². The molecule has 1 N–H and O–H groups in total. The minimum absolute atomic E-state index is 0.0615. The van der Waals surface area contributed by atoms with E-state index in [1.807, 2.05) is 6.07 Å². The number of hydrogen-bond donors (Lipinski definition) is 1. The van der Waals surface area contributed by atoms with Crippen molar-refractivity contribution in [1.29, 1.82) is 0 Å². The molecule has 24 heavy (non-hydrogen) atoms. The van der Waals surface area contributed by atoms with Gasteiger partial charge in [0.1, 0.15) is 17.0 Å². The van der Waals surface area contributed by atoms with Gasteiger partial charge in [0.05, 0.1) is 10.3 Å². The van der Waals surface area contributed by atoms with E-state index in [9.17, 15) is 10.1 Å². The molecule has 0 aliphatic heterocycles. The summed E-state index contributed by atoms with van der Waals surface area (Å²) in [5.74, 6) is 1.43. The van der Waals surface area contributed by atoms with Crippen molar-refractivity contribution in [3.8, 4) is 0 Å². The fourth-order valence-electron chi connectivity index (χ4n) is 3.20. The number of benzene rings is 1. The lowest BCUT2D eigenvalue weighted by Crippen LogP contribution is -2.09. The quantitative estimate of drug-likeness (QED) is 0.562. The van der Waals surface area contributed by atoms with E-state index in [1.165, 1.54) is 29.0 Å². The zero-order valence-electron chi connectivity index (χ0n) is 13.2. The van der Waals surface area contributed by atoms with Crippen molar-refractivity contribution >= 4 is 38.7 Å². The number of nitro benzene ring substituents is 1. The summed E-state index contributed by atoms with van der Waals surface area (Å²) in [4.78, 5) is 21.7. The van der Waals surface area contributed by atoms with Crippen molar-refractivity contribution in [3.63, 3.8) is 0 Å². The number of hydrogen-bond acceptors (Lipinski definition) is 6. The van der Waals surface area contributed by atoms with Crippen molar-refractivity contribution in [3.05, 3.63) is 51.1 Å². The summed E-state index contributed by atoms with van der Waals surface area (Å²) in [6.45, 7) is 2.28. The summed E-state index contributed by atoms with van der Waals surface area (Å²) in [5.41, 5.74) is 2.06. The largest absolute Gasteiger partial charge is 0.339 e. The molecule has 6 nitrogen and oxygen atoms in total. The standard InChI is InChI=1S/C17H16N4O2S/c1-10-5-6-13-14(7-10)24-17-15(13)16(18-9-19-17)20-11-3-2-4-12(8-11)21(22)23/h2-4,8-10H,5-7H2,1H3,(H,18,19,20)/t10-/m0/s1. The normalized spacial score (nSPS) is 16.8. The Kier molecular flexibility index (Phi) is 3.65. The maximum absolute atomic E-state index is 11.0. The third kappa shape index (κ3) is 2.60. The number of nitrogens with one attached hydrogen (secondary N) is 1. The van der Waals surface area contributed by atoms with Crippen LogP contribution >= 0.6 is 11.3 Å². The highest BCUT2D eigenvalue weighted by Crippen LogP contribution is 2.40. The van der Waals surface area contributed by atoms with E-state index in [2.05, 4.69) is 22.2 Å². The zero-order chi connectivity index (χ0) is 16.7. The molecule has 122 valence electrons. The van der Waals surface area contributed by atoms with Gasteiger partial charge in [0.15, 0.2) is 0 Å². The number of anilines is 2. The molecule has 0 spiro atoms. The molecule has 7 heteroatoms. The van der Waals surface area contributed by atoms with E-state index < -0.39 is 4.92 Å². The average molecular weight is 340 g/mol. The first-order chi connectivity index (χ1) is 11.6. The van der Waals surface area contributed by atoms with Crippen LogP contribution in [0.4, 0.5) is 17.2 Å². The number of aryl methyl sites for hydroxylation is 1. The summed E-state index contributed by atoms with van der Waals surface area (Å²) in [6.07, 6.45) is 4.84. The first-order valence-electron chi connectivity index (χ1n) is 7.88. The molecular weight excluding hydrogens is 324 g/mol. The number of nitro groups is 1. The predicted molar refractivity (Wildman–Crippen MR) is 95.0 cm³/mol. The maximum atomic E-state index is 11.0. The SMILES string of the molecule is C[C@H]1CCc2c(sc3ncnc(Nc4cccc([N+](=O)[O-])c4)c23)C1. The smallest absolute Gasteiger partial charge is 0.271 e. The number of thiophene rings is 1. The molecule has 0 saturated carbocycles. The van der Waals surface area contributed by atoms with E-state index in [0.29, 0.717) is 11.6 Å². The second kappa shape index (κ2) is 5.83. The molecule has 3 aromatic rings. The average Bonchev–Trinajstić information content (AvgIpc) is 2.93. The van der Waals surface area contributed by atoms with Crippen LogP contribution in [-0.2, 0) is 12.8 Å². The monoisotopic (exact) mass is 340 g/mol. The van der Waals surface area contributed by atoms with Gasteiger partial charge < -0.3 is 5.32 Å². The highest BCUT2D eigenvalue weighted by atomic mass is 32.1. The van der Waals surface area contributed by atoms with Gasteiger partial charge in [-0.05, 0) is 36.8 Å². The summed E-state index contributed by atoms with van der Waals surface area (Å²) in [6, 6.07) is 6.48. The Morgan fingerprint density at radius 1 is 1.38 bits per heavy atom. The zero-order valence-corrected chi connectivity index (χ0v) is 14.0. The third-order valence-corrected chi connectivity index (χ3v) is 5.57. The number of aromatic nitrogens is 2. The Hall–Kier alpha value is -2.54. The predicted octanol–water partition coefficient (Wildman–Crippen LogP) is 4.47. The Morgan fingerprint density at radius 3 is 3.08 bits per heavy atom. The maximum Gasteiger partial charge on any atom is 0.271 e. The number of rotatable bonds is 3. The number of fused-ring (bicyclic) bond motifs is 3. The van der Waals surface area contributed by atoms with Gasteiger partial charge >= 0.3 is 0 Å². The van der Waals surface area contributed by atoms with E-state index in [0.717, 1.165) is 28.9 Å². The molecule has 1 atom stereocenters. The number of nitrogens with zero attached hydrogens (tertiary/aromatic N) is 3. The molecule has 4 rings (SSSR count). The van der Waals surface area contributed by atoms with Gasteiger partial charge in [0.2, 0.25) is 0 Å². The van der Waals surface area contributed by atoms with Crippen molar-refractivity contribution in [2.75, 3.05) is 5.32 Å². The van der Waals surface area contributed by atoms with Gasteiger partial charge in [-0.3, -0.25) is 10.1 Å². The molecule has 2 heterocycles. The molecule has 1 aliphatic rings. The second-order valence-electron chi connectivity index (χ2n) is 6.19. The molecule has 0 unspecified atom stereocenters. The molecule has 0 fully saturated rings. The fourth-order valence-corrected chi connectivity index (χ4v) is 4.55. The van der Waals surface area contributed by atoms with E-state index in [-0.39, 0.29) is 5.69 Å². The summed E-state index contributed by atoms with van der Waals surface area (Å²) in [7, 11) is 0. The number of non-ortho nitro benzene ring substituents is 1. The lowest BCUT2D eigenvalue weighted by molar-refractivity contribution is -0.384.